The van der Waals surface area contributed by atoms with Gasteiger partial charge >= 0.3 is 6.03 Å². The number of benzene rings is 1. The molecule has 5 heterocycles. The molecule has 2 amide bonds. The third-order valence-corrected chi connectivity index (χ3v) is 6.75. The van der Waals surface area contributed by atoms with Crippen molar-refractivity contribution in [3.63, 3.8) is 0 Å². The molecular formula is C20H27N3O2. The summed E-state index contributed by atoms with van der Waals surface area (Å²) in [4.78, 5) is 20.2. The second-order valence-electron chi connectivity index (χ2n) is 7.91. The Balaban J connectivity index is 1.46. The normalized spacial score (nSPS) is 37.2. The van der Waals surface area contributed by atoms with Crippen molar-refractivity contribution in [3.8, 4) is 0 Å². The summed E-state index contributed by atoms with van der Waals surface area (Å²) >= 11 is 0. The maximum atomic E-state index is 13.3. The smallest absolute Gasteiger partial charge is 0.320 e. The van der Waals surface area contributed by atoms with Gasteiger partial charge in [-0.15, -0.1) is 0 Å². The number of morpholine rings is 1. The first-order valence-corrected chi connectivity index (χ1v) is 9.75. The van der Waals surface area contributed by atoms with Gasteiger partial charge in [0.25, 0.3) is 0 Å². The van der Waals surface area contributed by atoms with Crippen LogP contribution in [-0.4, -0.2) is 78.8 Å². The molecule has 6 rings (SSSR count). The van der Waals surface area contributed by atoms with Crippen LogP contribution in [0.4, 0.5) is 4.79 Å². The predicted octanol–water partition coefficient (Wildman–Crippen LogP) is 2.00. The number of urea groups is 1. The van der Waals surface area contributed by atoms with Crippen molar-refractivity contribution in [1.82, 2.24) is 14.7 Å². The first-order chi connectivity index (χ1) is 12.3. The molecule has 1 aromatic rings. The molecule has 5 fully saturated rings. The standard InChI is InChI=1S/C20H27N3O2/c24-20(22-10-12-25-13-11-22)23-14-17(15-4-2-1-3-5-15)19-18(23)16-6-8-21(19)9-7-16/h1-5,16-19H,6-14H2/t17-,18+,19+/m0/s1. The van der Waals surface area contributed by atoms with Gasteiger partial charge in [-0.05, 0) is 37.4 Å². The van der Waals surface area contributed by atoms with Crippen molar-refractivity contribution < 1.29 is 9.53 Å². The number of hydrogen-bond donors (Lipinski definition) is 0. The quantitative estimate of drug-likeness (QED) is 0.784. The lowest BCUT2D eigenvalue weighted by molar-refractivity contribution is -0.00721. The minimum absolute atomic E-state index is 0.241. The summed E-state index contributed by atoms with van der Waals surface area (Å²) in [5.41, 5.74) is 1.39. The van der Waals surface area contributed by atoms with Crippen LogP contribution in [0.2, 0.25) is 0 Å². The van der Waals surface area contributed by atoms with E-state index < -0.39 is 0 Å². The largest absolute Gasteiger partial charge is 0.378 e. The minimum Gasteiger partial charge on any atom is -0.378 e. The Morgan fingerprint density at radius 2 is 1.68 bits per heavy atom. The highest BCUT2D eigenvalue weighted by atomic mass is 16.5. The van der Waals surface area contributed by atoms with Gasteiger partial charge in [0, 0.05) is 31.6 Å². The first kappa shape index (κ1) is 15.6. The highest BCUT2D eigenvalue weighted by molar-refractivity contribution is 5.76. The summed E-state index contributed by atoms with van der Waals surface area (Å²) in [5, 5.41) is 0. The number of rotatable bonds is 1. The van der Waals surface area contributed by atoms with Crippen LogP contribution in [0, 0.1) is 5.92 Å². The molecule has 5 aliphatic heterocycles. The molecule has 0 aromatic heterocycles. The van der Waals surface area contributed by atoms with Gasteiger partial charge in [-0.3, -0.25) is 4.90 Å². The third kappa shape index (κ3) is 2.56. The van der Waals surface area contributed by atoms with Gasteiger partial charge in [0.2, 0.25) is 0 Å². The zero-order valence-electron chi connectivity index (χ0n) is 14.7. The second kappa shape index (κ2) is 6.29. The Hall–Kier alpha value is -1.59. The molecule has 5 saturated heterocycles. The number of likely N-dealkylation sites (tertiary alicyclic amines) is 1. The van der Waals surface area contributed by atoms with Crippen LogP contribution in [0.15, 0.2) is 30.3 Å². The summed E-state index contributed by atoms with van der Waals surface area (Å²) in [6.07, 6.45) is 2.49. The maximum absolute atomic E-state index is 13.3. The molecule has 2 bridgehead atoms. The monoisotopic (exact) mass is 341 g/mol. The van der Waals surface area contributed by atoms with E-state index in [1.165, 1.54) is 31.5 Å². The predicted molar refractivity (Wildman–Crippen MR) is 95.6 cm³/mol. The lowest BCUT2D eigenvalue weighted by Crippen LogP contribution is -2.62. The molecule has 0 unspecified atom stereocenters. The van der Waals surface area contributed by atoms with Crippen LogP contribution in [0.3, 0.4) is 0 Å². The van der Waals surface area contributed by atoms with E-state index in [0.717, 1.165) is 19.6 Å². The number of nitrogens with zero attached hydrogens (tertiary/aromatic N) is 3. The maximum Gasteiger partial charge on any atom is 0.320 e. The van der Waals surface area contributed by atoms with Crippen LogP contribution in [0.1, 0.15) is 24.3 Å². The first-order valence-electron chi connectivity index (χ1n) is 9.75. The fourth-order valence-corrected chi connectivity index (χ4v) is 5.57. The van der Waals surface area contributed by atoms with Gasteiger partial charge in [-0.25, -0.2) is 4.79 Å². The molecule has 1 aromatic carbocycles. The topological polar surface area (TPSA) is 36.0 Å². The molecule has 5 aliphatic rings. The van der Waals surface area contributed by atoms with E-state index in [-0.39, 0.29) is 6.03 Å². The van der Waals surface area contributed by atoms with E-state index in [1.54, 1.807) is 0 Å². The summed E-state index contributed by atoms with van der Waals surface area (Å²) in [7, 11) is 0. The molecule has 0 radical (unpaired) electrons. The van der Waals surface area contributed by atoms with Crippen molar-refractivity contribution in [2.45, 2.75) is 30.8 Å². The van der Waals surface area contributed by atoms with Crippen molar-refractivity contribution >= 4 is 6.03 Å². The SMILES string of the molecule is O=C(N1CCOCC1)N1C[C@@H](c2ccccc2)[C@@H]2[C@H]1C1CCN2CC1. The molecule has 5 nitrogen and oxygen atoms in total. The van der Waals surface area contributed by atoms with Crippen LogP contribution < -0.4 is 0 Å². The number of carbonyl (C=O) groups is 1. The Morgan fingerprint density at radius 1 is 0.960 bits per heavy atom. The van der Waals surface area contributed by atoms with Crippen LogP contribution >= 0.6 is 0 Å². The van der Waals surface area contributed by atoms with Gasteiger partial charge in [0.15, 0.2) is 0 Å². The fourth-order valence-electron chi connectivity index (χ4n) is 5.57. The number of hydrogen-bond acceptors (Lipinski definition) is 3. The van der Waals surface area contributed by atoms with Gasteiger partial charge < -0.3 is 14.5 Å². The molecule has 3 atom stereocenters. The zero-order chi connectivity index (χ0) is 16.8. The third-order valence-electron chi connectivity index (χ3n) is 6.75. The van der Waals surface area contributed by atoms with Gasteiger partial charge in [0.1, 0.15) is 0 Å². The lowest BCUT2D eigenvalue weighted by atomic mass is 9.75. The molecule has 0 N–H and O–H groups in total. The number of amides is 2. The summed E-state index contributed by atoms with van der Waals surface area (Å²) < 4.78 is 5.44. The zero-order valence-corrected chi connectivity index (χ0v) is 14.7. The van der Waals surface area contributed by atoms with E-state index in [2.05, 4.69) is 40.1 Å². The highest BCUT2D eigenvalue weighted by Gasteiger charge is 2.55. The molecule has 5 heteroatoms. The second-order valence-corrected chi connectivity index (χ2v) is 7.91. The van der Waals surface area contributed by atoms with E-state index in [1.807, 2.05) is 4.90 Å². The van der Waals surface area contributed by atoms with E-state index >= 15 is 0 Å². The summed E-state index contributed by atoms with van der Waals surface area (Å²) in [6.45, 7) is 6.08. The van der Waals surface area contributed by atoms with Crippen molar-refractivity contribution in [1.29, 1.82) is 0 Å². The Labute approximate surface area is 149 Å². The number of fused-ring (bicyclic) bond motifs is 2. The fraction of sp³-hybridized carbons (Fsp3) is 0.650. The van der Waals surface area contributed by atoms with E-state index in [4.69, 9.17) is 4.74 Å². The molecule has 134 valence electrons. The number of ether oxygens (including phenoxy) is 1. The average molecular weight is 341 g/mol. The van der Waals surface area contributed by atoms with Crippen LogP contribution in [0.25, 0.3) is 0 Å². The number of piperidine rings is 3. The minimum atomic E-state index is 0.241. The highest BCUT2D eigenvalue weighted by Crippen LogP contribution is 2.46. The lowest BCUT2D eigenvalue weighted by Gasteiger charge is -2.51. The molecule has 0 spiro atoms. The van der Waals surface area contributed by atoms with E-state index in [9.17, 15) is 4.79 Å². The Bertz CT molecular complexity index is 623. The average Bonchev–Trinajstić information content (AvgIpc) is 3.12. The Morgan fingerprint density at radius 3 is 2.40 bits per heavy atom. The molecule has 0 saturated carbocycles. The Kier molecular flexibility index (Phi) is 3.94. The van der Waals surface area contributed by atoms with Crippen molar-refractivity contribution in [2.24, 2.45) is 5.92 Å². The molecular weight excluding hydrogens is 314 g/mol. The van der Waals surface area contributed by atoms with E-state index in [0.29, 0.717) is 37.1 Å². The van der Waals surface area contributed by atoms with Crippen LogP contribution in [-0.2, 0) is 4.74 Å². The number of carbonyl (C=O) groups excluding carboxylic acids is 1. The van der Waals surface area contributed by atoms with Gasteiger partial charge in [-0.1, -0.05) is 30.3 Å². The molecule has 25 heavy (non-hydrogen) atoms. The van der Waals surface area contributed by atoms with Crippen molar-refractivity contribution in [2.75, 3.05) is 45.9 Å². The summed E-state index contributed by atoms with van der Waals surface area (Å²) in [5.74, 6) is 1.12. The van der Waals surface area contributed by atoms with Gasteiger partial charge in [0.05, 0.1) is 19.3 Å². The van der Waals surface area contributed by atoms with Crippen LogP contribution in [0.5, 0.6) is 0 Å². The van der Waals surface area contributed by atoms with Gasteiger partial charge in [-0.2, -0.15) is 0 Å². The summed E-state index contributed by atoms with van der Waals surface area (Å²) in [6, 6.07) is 12.0. The van der Waals surface area contributed by atoms with Crippen molar-refractivity contribution in [3.05, 3.63) is 35.9 Å². The molecule has 0 aliphatic carbocycles.